The van der Waals surface area contributed by atoms with Gasteiger partial charge in [-0.05, 0) is 6.92 Å². The molecule has 0 fully saturated rings. The van der Waals surface area contributed by atoms with Gasteiger partial charge in [0.15, 0.2) is 0 Å². The van der Waals surface area contributed by atoms with Crippen molar-refractivity contribution in [1.29, 1.82) is 0 Å². The minimum Gasteiger partial charge on any atom is -0.394 e. The molecule has 0 saturated heterocycles. The van der Waals surface area contributed by atoms with Crippen LogP contribution in [0.15, 0.2) is 6.07 Å². The highest BCUT2D eigenvalue weighted by Crippen LogP contribution is 2.11. The van der Waals surface area contributed by atoms with Crippen LogP contribution in [0.2, 0.25) is 0 Å². The number of nitrogen functional groups attached to an aromatic ring is 1. The Labute approximate surface area is 92.7 Å². The largest absolute Gasteiger partial charge is 0.394 e. The number of nitrogens with zero attached hydrogens (tertiary/aromatic N) is 2. The third-order valence-corrected chi connectivity index (χ3v) is 2.76. The molecule has 0 radical (unpaired) electrons. The Hall–Kier alpha value is -0.850. The third-order valence-electron chi connectivity index (χ3n) is 1.67. The molecule has 5 nitrogen and oxygen atoms in total. The summed E-state index contributed by atoms with van der Waals surface area (Å²) in [6.45, 7) is 1.64. The van der Waals surface area contributed by atoms with E-state index in [-0.39, 0.29) is 6.61 Å². The Balaban J connectivity index is 2.43. The molecule has 1 aromatic rings. The topological polar surface area (TPSA) is 92.3 Å². The number of aliphatic hydroxyl groups is 2. The predicted octanol–water partition coefficient (Wildman–Crippen LogP) is -0.0464. The van der Waals surface area contributed by atoms with E-state index in [1.54, 1.807) is 6.07 Å². The van der Waals surface area contributed by atoms with E-state index in [9.17, 15) is 0 Å². The van der Waals surface area contributed by atoms with E-state index in [0.717, 1.165) is 5.69 Å². The van der Waals surface area contributed by atoms with E-state index in [4.69, 9.17) is 15.9 Å². The second-order valence-electron chi connectivity index (χ2n) is 3.20. The molecule has 0 aliphatic rings. The molecule has 0 spiro atoms. The maximum atomic E-state index is 9.11. The van der Waals surface area contributed by atoms with Crippen molar-refractivity contribution in [3.8, 4) is 0 Å². The normalized spacial score (nSPS) is 12.7. The zero-order valence-corrected chi connectivity index (χ0v) is 9.37. The SMILES string of the molecule is Cc1cc(N)nc(CSCC(O)CO)n1. The lowest BCUT2D eigenvalue weighted by atomic mass is 10.4. The Morgan fingerprint density at radius 1 is 1.53 bits per heavy atom. The highest BCUT2D eigenvalue weighted by atomic mass is 32.2. The molecule has 4 N–H and O–H groups in total. The maximum Gasteiger partial charge on any atom is 0.140 e. The van der Waals surface area contributed by atoms with Gasteiger partial charge >= 0.3 is 0 Å². The Morgan fingerprint density at radius 2 is 2.27 bits per heavy atom. The van der Waals surface area contributed by atoms with E-state index < -0.39 is 6.10 Å². The summed E-state index contributed by atoms with van der Waals surface area (Å²) in [4.78, 5) is 8.26. The molecular formula is C9H15N3O2S. The molecule has 0 saturated carbocycles. The summed E-state index contributed by atoms with van der Waals surface area (Å²) >= 11 is 1.47. The first kappa shape index (κ1) is 12.2. The van der Waals surface area contributed by atoms with E-state index in [1.807, 2.05) is 6.92 Å². The lowest BCUT2D eigenvalue weighted by Crippen LogP contribution is -2.15. The Bertz CT molecular complexity index is 302. The molecule has 0 aromatic carbocycles. The number of anilines is 1. The maximum absolute atomic E-state index is 9.11. The van der Waals surface area contributed by atoms with E-state index in [2.05, 4.69) is 9.97 Å². The second kappa shape index (κ2) is 5.89. The van der Waals surface area contributed by atoms with Gasteiger partial charge in [0.05, 0.1) is 18.5 Å². The molecule has 0 amide bonds. The molecule has 15 heavy (non-hydrogen) atoms. The van der Waals surface area contributed by atoms with Gasteiger partial charge < -0.3 is 15.9 Å². The molecule has 0 aliphatic carbocycles. The average molecular weight is 229 g/mol. The number of rotatable bonds is 5. The van der Waals surface area contributed by atoms with Gasteiger partial charge in [0.2, 0.25) is 0 Å². The van der Waals surface area contributed by atoms with Crippen molar-refractivity contribution in [2.75, 3.05) is 18.1 Å². The zero-order chi connectivity index (χ0) is 11.3. The lowest BCUT2D eigenvalue weighted by Gasteiger charge is -2.06. The zero-order valence-electron chi connectivity index (χ0n) is 8.55. The summed E-state index contributed by atoms with van der Waals surface area (Å²) in [7, 11) is 0. The number of aryl methyl sites for hydroxylation is 1. The quantitative estimate of drug-likeness (QED) is 0.656. The molecule has 84 valence electrons. The monoisotopic (exact) mass is 229 g/mol. The van der Waals surface area contributed by atoms with Crippen molar-refractivity contribution < 1.29 is 10.2 Å². The van der Waals surface area contributed by atoms with Crippen molar-refractivity contribution in [3.05, 3.63) is 17.6 Å². The summed E-state index contributed by atoms with van der Waals surface area (Å²) < 4.78 is 0. The first-order chi connectivity index (χ1) is 7.11. The van der Waals surface area contributed by atoms with Gasteiger partial charge in [-0.2, -0.15) is 11.8 Å². The fourth-order valence-corrected chi connectivity index (χ4v) is 1.87. The Kier molecular flexibility index (Phi) is 4.80. The highest BCUT2D eigenvalue weighted by Gasteiger charge is 2.04. The molecular weight excluding hydrogens is 214 g/mol. The van der Waals surface area contributed by atoms with Crippen LogP contribution in [-0.4, -0.2) is 38.6 Å². The predicted molar refractivity (Wildman–Crippen MR) is 60.4 cm³/mol. The van der Waals surface area contributed by atoms with Crippen LogP contribution in [0.1, 0.15) is 11.5 Å². The summed E-state index contributed by atoms with van der Waals surface area (Å²) in [6.07, 6.45) is -0.683. The Morgan fingerprint density at radius 3 is 2.87 bits per heavy atom. The van der Waals surface area contributed by atoms with Crippen LogP contribution in [0.5, 0.6) is 0 Å². The highest BCUT2D eigenvalue weighted by molar-refractivity contribution is 7.98. The van der Waals surface area contributed by atoms with Crippen LogP contribution in [0.3, 0.4) is 0 Å². The lowest BCUT2D eigenvalue weighted by molar-refractivity contribution is 0.113. The van der Waals surface area contributed by atoms with Crippen LogP contribution in [0.25, 0.3) is 0 Å². The fourth-order valence-electron chi connectivity index (χ4n) is 1.06. The standard InChI is InChI=1S/C9H15N3O2S/c1-6-2-8(10)12-9(11-6)5-15-4-7(14)3-13/h2,7,13-14H,3-5H2,1H3,(H2,10,11,12). The molecule has 1 aromatic heterocycles. The molecule has 1 unspecified atom stereocenters. The summed E-state index contributed by atoms with van der Waals surface area (Å²) in [5, 5.41) is 17.7. The van der Waals surface area contributed by atoms with E-state index in [1.165, 1.54) is 11.8 Å². The fraction of sp³-hybridized carbons (Fsp3) is 0.556. The van der Waals surface area contributed by atoms with Crippen molar-refractivity contribution >= 4 is 17.6 Å². The van der Waals surface area contributed by atoms with Crippen LogP contribution < -0.4 is 5.73 Å². The number of hydrogen-bond acceptors (Lipinski definition) is 6. The van der Waals surface area contributed by atoms with Crippen molar-refractivity contribution in [1.82, 2.24) is 9.97 Å². The number of nitrogens with two attached hydrogens (primary N) is 1. The third kappa shape index (κ3) is 4.46. The van der Waals surface area contributed by atoms with Crippen molar-refractivity contribution in [2.24, 2.45) is 0 Å². The van der Waals surface area contributed by atoms with Crippen LogP contribution in [0.4, 0.5) is 5.82 Å². The van der Waals surface area contributed by atoms with Crippen LogP contribution >= 0.6 is 11.8 Å². The van der Waals surface area contributed by atoms with Crippen molar-refractivity contribution in [3.63, 3.8) is 0 Å². The smallest absolute Gasteiger partial charge is 0.140 e. The van der Waals surface area contributed by atoms with Crippen molar-refractivity contribution in [2.45, 2.75) is 18.8 Å². The van der Waals surface area contributed by atoms with E-state index >= 15 is 0 Å². The number of hydrogen-bond donors (Lipinski definition) is 3. The number of aromatic nitrogens is 2. The molecule has 0 bridgehead atoms. The van der Waals surface area contributed by atoms with Gasteiger partial charge in [0.25, 0.3) is 0 Å². The first-order valence-electron chi connectivity index (χ1n) is 4.58. The minimum atomic E-state index is -0.683. The van der Waals surface area contributed by atoms with Gasteiger partial charge in [-0.1, -0.05) is 0 Å². The molecule has 1 rings (SSSR count). The van der Waals surface area contributed by atoms with Crippen LogP contribution in [0, 0.1) is 6.92 Å². The van der Waals surface area contributed by atoms with Gasteiger partial charge in [-0.3, -0.25) is 0 Å². The summed E-state index contributed by atoms with van der Waals surface area (Å²) in [5.41, 5.74) is 6.40. The molecule has 1 heterocycles. The second-order valence-corrected chi connectivity index (χ2v) is 4.23. The molecule has 1 atom stereocenters. The number of thioether (sulfide) groups is 1. The first-order valence-corrected chi connectivity index (χ1v) is 5.74. The van der Waals surface area contributed by atoms with Gasteiger partial charge in [0.1, 0.15) is 11.6 Å². The van der Waals surface area contributed by atoms with Gasteiger partial charge in [-0.25, -0.2) is 9.97 Å². The van der Waals surface area contributed by atoms with Gasteiger partial charge in [0, 0.05) is 17.5 Å². The summed E-state index contributed by atoms with van der Waals surface area (Å²) in [6, 6.07) is 1.71. The van der Waals surface area contributed by atoms with Crippen LogP contribution in [-0.2, 0) is 5.75 Å². The molecule has 6 heteroatoms. The van der Waals surface area contributed by atoms with Gasteiger partial charge in [-0.15, -0.1) is 0 Å². The summed E-state index contributed by atoms with van der Waals surface area (Å²) in [5.74, 6) is 2.17. The number of aliphatic hydroxyl groups excluding tert-OH is 2. The minimum absolute atomic E-state index is 0.218. The average Bonchev–Trinajstić information content (AvgIpc) is 2.16. The van der Waals surface area contributed by atoms with E-state index in [0.29, 0.717) is 23.1 Å². The molecule has 0 aliphatic heterocycles.